The van der Waals surface area contributed by atoms with Crippen molar-refractivity contribution in [1.29, 1.82) is 0 Å². The van der Waals surface area contributed by atoms with Crippen LogP contribution in [0.2, 0.25) is 5.02 Å². The molecule has 2 heterocycles. The van der Waals surface area contributed by atoms with Crippen molar-refractivity contribution >= 4 is 22.9 Å². The smallest absolute Gasteiger partial charge is 0.0673 e. The zero-order valence-electron chi connectivity index (χ0n) is 8.74. The van der Waals surface area contributed by atoms with Gasteiger partial charge in [0.25, 0.3) is 0 Å². The third-order valence-electron chi connectivity index (χ3n) is 2.99. The second kappa shape index (κ2) is 4.21. The molecule has 1 aliphatic rings. The van der Waals surface area contributed by atoms with Crippen molar-refractivity contribution in [3.63, 3.8) is 0 Å². The lowest BCUT2D eigenvalue weighted by atomic mass is 9.98. The van der Waals surface area contributed by atoms with E-state index in [1.807, 2.05) is 23.5 Å². The molecule has 16 heavy (non-hydrogen) atoms. The van der Waals surface area contributed by atoms with Gasteiger partial charge in [-0.1, -0.05) is 23.7 Å². The van der Waals surface area contributed by atoms with Gasteiger partial charge >= 0.3 is 0 Å². The van der Waals surface area contributed by atoms with Crippen LogP contribution in [0.5, 0.6) is 0 Å². The molecule has 0 bridgehead atoms. The molecule has 0 saturated carbocycles. The summed E-state index contributed by atoms with van der Waals surface area (Å²) in [6.45, 7) is 1.05. The maximum atomic E-state index is 5.91. The van der Waals surface area contributed by atoms with Gasteiger partial charge in [0.2, 0.25) is 0 Å². The molecule has 1 atom stereocenters. The number of hydrogen-bond acceptors (Lipinski definition) is 2. The molecule has 1 aromatic heterocycles. The highest BCUT2D eigenvalue weighted by Gasteiger charge is 2.21. The van der Waals surface area contributed by atoms with E-state index >= 15 is 0 Å². The molecule has 2 aromatic rings. The van der Waals surface area contributed by atoms with Crippen LogP contribution < -0.4 is 5.32 Å². The van der Waals surface area contributed by atoms with E-state index in [1.54, 1.807) is 0 Å². The van der Waals surface area contributed by atoms with Crippen molar-refractivity contribution in [3.8, 4) is 0 Å². The molecule has 1 nitrogen and oxygen atoms in total. The van der Waals surface area contributed by atoms with Crippen molar-refractivity contribution in [2.45, 2.75) is 12.5 Å². The molecule has 3 rings (SSSR count). The number of thiophene rings is 1. The van der Waals surface area contributed by atoms with Crippen LogP contribution in [0.25, 0.3) is 0 Å². The maximum absolute atomic E-state index is 5.91. The number of halogens is 1. The Morgan fingerprint density at radius 1 is 1.19 bits per heavy atom. The summed E-state index contributed by atoms with van der Waals surface area (Å²) >= 11 is 7.75. The van der Waals surface area contributed by atoms with Crippen LogP contribution in [0.1, 0.15) is 22.0 Å². The minimum atomic E-state index is 0.348. The number of nitrogens with one attached hydrogen (secondary N) is 1. The van der Waals surface area contributed by atoms with Gasteiger partial charge in [0.05, 0.1) is 6.04 Å². The molecule has 82 valence electrons. The first-order valence-corrected chi connectivity index (χ1v) is 6.65. The fourth-order valence-corrected chi connectivity index (χ4v) is 3.36. The first-order chi connectivity index (χ1) is 7.84. The predicted molar refractivity (Wildman–Crippen MR) is 69.3 cm³/mol. The lowest BCUT2D eigenvalue weighted by molar-refractivity contribution is 0.578. The van der Waals surface area contributed by atoms with Crippen LogP contribution in [-0.2, 0) is 6.42 Å². The average molecular weight is 250 g/mol. The van der Waals surface area contributed by atoms with Crippen LogP contribution in [0, 0.1) is 0 Å². The van der Waals surface area contributed by atoms with Gasteiger partial charge in [0, 0.05) is 16.4 Å². The number of benzene rings is 1. The Bertz CT molecular complexity index is 489. The zero-order chi connectivity index (χ0) is 11.0. The molecule has 1 aromatic carbocycles. The van der Waals surface area contributed by atoms with E-state index in [0.717, 1.165) is 18.0 Å². The molecular weight excluding hydrogens is 238 g/mol. The van der Waals surface area contributed by atoms with E-state index in [2.05, 4.69) is 28.9 Å². The Balaban J connectivity index is 2.00. The normalized spacial score (nSPS) is 19.4. The lowest BCUT2D eigenvalue weighted by Gasteiger charge is -2.24. The molecule has 1 N–H and O–H groups in total. The Morgan fingerprint density at radius 3 is 2.81 bits per heavy atom. The molecule has 0 spiro atoms. The van der Waals surface area contributed by atoms with E-state index in [9.17, 15) is 0 Å². The van der Waals surface area contributed by atoms with Gasteiger partial charge in [-0.3, -0.25) is 0 Å². The summed E-state index contributed by atoms with van der Waals surface area (Å²) in [7, 11) is 0. The summed E-state index contributed by atoms with van der Waals surface area (Å²) in [6.07, 6.45) is 1.14. The van der Waals surface area contributed by atoms with E-state index in [-0.39, 0.29) is 0 Å². The summed E-state index contributed by atoms with van der Waals surface area (Å²) < 4.78 is 0. The van der Waals surface area contributed by atoms with E-state index in [4.69, 9.17) is 11.6 Å². The van der Waals surface area contributed by atoms with Crippen molar-refractivity contribution in [1.82, 2.24) is 5.32 Å². The standard InChI is InChI=1S/C13H12ClNS/c14-11-3-1-9(2-4-11)12-13-10(5-7-15-12)6-8-16-13/h1-4,6,8,12,15H,5,7H2/t12-/m0/s1. The third-order valence-corrected chi connectivity index (χ3v) is 4.27. The quantitative estimate of drug-likeness (QED) is 0.814. The average Bonchev–Trinajstić information content (AvgIpc) is 2.78. The van der Waals surface area contributed by atoms with Crippen molar-refractivity contribution in [3.05, 3.63) is 56.7 Å². The van der Waals surface area contributed by atoms with Gasteiger partial charge in [0.15, 0.2) is 0 Å². The van der Waals surface area contributed by atoms with Gasteiger partial charge in [0.1, 0.15) is 0 Å². The third kappa shape index (κ3) is 1.77. The van der Waals surface area contributed by atoms with Gasteiger partial charge in [-0.15, -0.1) is 11.3 Å². The van der Waals surface area contributed by atoms with Crippen LogP contribution in [0.4, 0.5) is 0 Å². The van der Waals surface area contributed by atoms with Crippen LogP contribution >= 0.6 is 22.9 Å². The Labute approximate surface area is 104 Å². The fourth-order valence-electron chi connectivity index (χ4n) is 2.18. The molecular formula is C13H12ClNS. The number of hydrogen-bond donors (Lipinski definition) is 1. The van der Waals surface area contributed by atoms with Crippen molar-refractivity contribution < 1.29 is 0 Å². The molecule has 3 heteroatoms. The lowest BCUT2D eigenvalue weighted by Crippen LogP contribution is -2.29. The summed E-state index contributed by atoms with van der Waals surface area (Å²) in [5.74, 6) is 0. The van der Waals surface area contributed by atoms with Gasteiger partial charge in [-0.2, -0.15) is 0 Å². The molecule has 0 saturated heterocycles. The molecule has 1 aliphatic heterocycles. The molecule has 0 radical (unpaired) electrons. The van der Waals surface area contributed by atoms with E-state index in [0.29, 0.717) is 6.04 Å². The minimum absolute atomic E-state index is 0.348. The van der Waals surface area contributed by atoms with Crippen LogP contribution in [0.15, 0.2) is 35.7 Å². The summed E-state index contributed by atoms with van der Waals surface area (Å²) in [5, 5.41) is 6.54. The Morgan fingerprint density at radius 2 is 2.00 bits per heavy atom. The zero-order valence-corrected chi connectivity index (χ0v) is 10.3. The number of rotatable bonds is 1. The maximum Gasteiger partial charge on any atom is 0.0673 e. The number of fused-ring (bicyclic) bond motifs is 1. The molecule has 0 aliphatic carbocycles. The first kappa shape index (κ1) is 10.3. The highest BCUT2D eigenvalue weighted by Crippen LogP contribution is 2.33. The second-order valence-electron chi connectivity index (χ2n) is 4.00. The van der Waals surface area contributed by atoms with Gasteiger partial charge < -0.3 is 5.32 Å². The summed E-state index contributed by atoms with van der Waals surface area (Å²) in [6, 6.07) is 10.7. The SMILES string of the molecule is Clc1ccc([C@@H]2NCCc3ccsc32)cc1. The Kier molecular flexibility index (Phi) is 2.72. The summed E-state index contributed by atoms with van der Waals surface area (Å²) in [4.78, 5) is 1.45. The van der Waals surface area contributed by atoms with Crippen LogP contribution in [-0.4, -0.2) is 6.54 Å². The van der Waals surface area contributed by atoms with Gasteiger partial charge in [-0.05, 0) is 41.1 Å². The van der Waals surface area contributed by atoms with E-state index < -0.39 is 0 Å². The largest absolute Gasteiger partial charge is 0.305 e. The highest BCUT2D eigenvalue weighted by molar-refractivity contribution is 7.10. The van der Waals surface area contributed by atoms with E-state index in [1.165, 1.54) is 16.0 Å². The van der Waals surface area contributed by atoms with Crippen molar-refractivity contribution in [2.24, 2.45) is 0 Å². The second-order valence-corrected chi connectivity index (χ2v) is 5.38. The molecule has 0 fully saturated rings. The monoisotopic (exact) mass is 249 g/mol. The van der Waals surface area contributed by atoms with Crippen molar-refractivity contribution in [2.75, 3.05) is 6.54 Å². The molecule has 0 amide bonds. The first-order valence-electron chi connectivity index (χ1n) is 5.40. The predicted octanol–water partition coefficient (Wildman–Crippen LogP) is 3.64. The fraction of sp³-hybridized carbons (Fsp3) is 0.231. The summed E-state index contributed by atoms with van der Waals surface area (Å²) in [5.41, 5.74) is 2.79. The minimum Gasteiger partial charge on any atom is -0.305 e. The topological polar surface area (TPSA) is 12.0 Å². The highest BCUT2D eigenvalue weighted by atomic mass is 35.5. The van der Waals surface area contributed by atoms with Gasteiger partial charge in [-0.25, -0.2) is 0 Å². The molecule has 0 unspecified atom stereocenters. The Hall–Kier alpha value is -0.830. The van der Waals surface area contributed by atoms with Crippen LogP contribution in [0.3, 0.4) is 0 Å².